The molecule has 29 heavy (non-hydrogen) atoms. The minimum atomic E-state index is -3.83. The first-order valence-electron chi connectivity index (χ1n) is 9.45. The molecule has 0 saturated carbocycles. The topological polar surface area (TPSA) is 86.8 Å². The van der Waals surface area contributed by atoms with Gasteiger partial charge in [0.2, 0.25) is 21.8 Å². The minimum absolute atomic E-state index is 0.0529. The summed E-state index contributed by atoms with van der Waals surface area (Å²) in [6.45, 7) is 6.88. The standard InChI is InChI=1S/C19H27Cl2N3O4S/c1-19(2,3)18(26)22-9-5-8-16(25)23-10-12-24(13-11-23)29(27,28)17-14(20)6-4-7-15(17)21/h4,6-7H,5,8-13H2,1-3H3,(H,22,26). The molecule has 0 aliphatic carbocycles. The van der Waals surface area contributed by atoms with E-state index in [0.717, 1.165) is 0 Å². The number of benzene rings is 1. The molecule has 0 unspecified atom stereocenters. The van der Waals surface area contributed by atoms with E-state index in [1.807, 2.05) is 20.8 Å². The summed E-state index contributed by atoms with van der Waals surface area (Å²) in [5.41, 5.74) is -0.462. The Kier molecular flexibility index (Phi) is 7.95. The largest absolute Gasteiger partial charge is 0.356 e. The van der Waals surface area contributed by atoms with Crippen LogP contribution in [0.25, 0.3) is 0 Å². The summed E-state index contributed by atoms with van der Waals surface area (Å²) < 4.78 is 27.0. The second-order valence-corrected chi connectivity index (χ2v) is 10.6. The van der Waals surface area contributed by atoms with Crippen molar-refractivity contribution in [2.24, 2.45) is 5.41 Å². The van der Waals surface area contributed by atoms with Gasteiger partial charge in [-0.15, -0.1) is 0 Å². The van der Waals surface area contributed by atoms with Crippen LogP contribution in [0, 0.1) is 5.41 Å². The highest BCUT2D eigenvalue weighted by molar-refractivity contribution is 7.89. The first-order chi connectivity index (χ1) is 13.4. The summed E-state index contributed by atoms with van der Waals surface area (Å²) in [6.07, 6.45) is 0.835. The predicted molar refractivity (Wildman–Crippen MR) is 113 cm³/mol. The molecule has 1 heterocycles. The van der Waals surface area contributed by atoms with Gasteiger partial charge in [0.25, 0.3) is 0 Å². The zero-order chi connectivity index (χ0) is 21.8. The lowest BCUT2D eigenvalue weighted by Gasteiger charge is -2.34. The van der Waals surface area contributed by atoms with E-state index in [-0.39, 0.29) is 39.8 Å². The third kappa shape index (κ3) is 6.07. The molecule has 0 aromatic heterocycles. The number of sulfonamides is 1. The number of nitrogens with one attached hydrogen (secondary N) is 1. The second kappa shape index (κ2) is 9.64. The Morgan fingerprint density at radius 3 is 2.14 bits per heavy atom. The molecule has 1 saturated heterocycles. The molecule has 1 N–H and O–H groups in total. The molecule has 0 bridgehead atoms. The van der Waals surface area contributed by atoms with Crippen LogP contribution in [0.15, 0.2) is 23.1 Å². The van der Waals surface area contributed by atoms with Gasteiger partial charge in [-0.05, 0) is 18.6 Å². The fourth-order valence-electron chi connectivity index (χ4n) is 2.90. The molecule has 1 aromatic carbocycles. The number of nitrogens with zero attached hydrogens (tertiary/aromatic N) is 2. The molecule has 2 rings (SSSR count). The van der Waals surface area contributed by atoms with E-state index < -0.39 is 15.4 Å². The molecule has 0 atom stereocenters. The van der Waals surface area contributed by atoms with Gasteiger partial charge in [-0.2, -0.15) is 4.31 Å². The molecule has 0 spiro atoms. The zero-order valence-electron chi connectivity index (χ0n) is 16.9. The van der Waals surface area contributed by atoms with Gasteiger partial charge in [0.1, 0.15) is 4.90 Å². The van der Waals surface area contributed by atoms with Crippen molar-refractivity contribution < 1.29 is 18.0 Å². The van der Waals surface area contributed by atoms with Crippen LogP contribution in [-0.4, -0.2) is 62.2 Å². The smallest absolute Gasteiger partial charge is 0.246 e. The van der Waals surface area contributed by atoms with Crippen molar-refractivity contribution in [2.45, 2.75) is 38.5 Å². The van der Waals surface area contributed by atoms with Crippen LogP contribution in [0.2, 0.25) is 10.0 Å². The predicted octanol–water partition coefficient (Wildman–Crippen LogP) is 2.77. The van der Waals surface area contributed by atoms with Crippen molar-refractivity contribution in [3.8, 4) is 0 Å². The van der Waals surface area contributed by atoms with Gasteiger partial charge in [0, 0.05) is 44.6 Å². The number of piperazine rings is 1. The minimum Gasteiger partial charge on any atom is -0.356 e. The van der Waals surface area contributed by atoms with E-state index in [1.165, 1.54) is 16.4 Å². The van der Waals surface area contributed by atoms with E-state index in [2.05, 4.69) is 5.32 Å². The zero-order valence-corrected chi connectivity index (χ0v) is 19.2. The molecule has 2 amide bonds. The molecule has 1 aliphatic rings. The third-order valence-electron chi connectivity index (χ3n) is 4.64. The summed E-state index contributed by atoms with van der Waals surface area (Å²) >= 11 is 12.1. The first kappa shape index (κ1) is 23.9. The van der Waals surface area contributed by atoms with Gasteiger partial charge in [-0.3, -0.25) is 9.59 Å². The van der Waals surface area contributed by atoms with Crippen molar-refractivity contribution in [3.63, 3.8) is 0 Å². The van der Waals surface area contributed by atoms with Crippen molar-refractivity contribution in [1.82, 2.24) is 14.5 Å². The molecule has 10 heteroatoms. The van der Waals surface area contributed by atoms with E-state index in [4.69, 9.17) is 23.2 Å². The maximum Gasteiger partial charge on any atom is 0.246 e. The molecular weight excluding hydrogens is 437 g/mol. The number of halogens is 2. The molecule has 1 fully saturated rings. The summed E-state index contributed by atoms with van der Waals surface area (Å²) in [6, 6.07) is 4.56. The Morgan fingerprint density at radius 2 is 1.62 bits per heavy atom. The highest BCUT2D eigenvalue weighted by Gasteiger charge is 2.32. The van der Waals surface area contributed by atoms with Crippen molar-refractivity contribution in [3.05, 3.63) is 28.2 Å². The van der Waals surface area contributed by atoms with Crippen molar-refractivity contribution >= 4 is 45.0 Å². The van der Waals surface area contributed by atoms with Crippen LogP contribution >= 0.6 is 23.2 Å². The van der Waals surface area contributed by atoms with Crippen LogP contribution in [-0.2, 0) is 19.6 Å². The van der Waals surface area contributed by atoms with Crippen LogP contribution in [0.5, 0.6) is 0 Å². The van der Waals surface area contributed by atoms with Gasteiger partial charge in [-0.25, -0.2) is 8.42 Å². The Hall–Kier alpha value is -1.35. The first-order valence-corrected chi connectivity index (χ1v) is 11.6. The number of carbonyl (C=O) groups is 2. The maximum atomic E-state index is 12.9. The summed E-state index contributed by atoms with van der Waals surface area (Å²) in [4.78, 5) is 25.7. The average molecular weight is 464 g/mol. The number of hydrogen-bond acceptors (Lipinski definition) is 4. The summed E-state index contributed by atoms with van der Waals surface area (Å²) in [5, 5.41) is 2.97. The molecule has 0 radical (unpaired) electrons. The summed E-state index contributed by atoms with van der Waals surface area (Å²) in [7, 11) is -3.83. The highest BCUT2D eigenvalue weighted by atomic mass is 35.5. The monoisotopic (exact) mass is 463 g/mol. The van der Waals surface area contributed by atoms with E-state index in [1.54, 1.807) is 11.0 Å². The molecule has 1 aromatic rings. The fraction of sp³-hybridized carbons (Fsp3) is 0.579. The SMILES string of the molecule is CC(C)(C)C(=O)NCCCC(=O)N1CCN(S(=O)(=O)c2c(Cl)cccc2Cl)CC1. The average Bonchev–Trinajstić information content (AvgIpc) is 2.63. The van der Waals surface area contributed by atoms with Gasteiger partial charge in [0.15, 0.2) is 0 Å². The number of hydrogen-bond donors (Lipinski definition) is 1. The maximum absolute atomic E-state index is 12.9. The lowest BCUT2D eigenvalue weighted by atomic mass is 9.96. The second-order valence-electron chi connectivity index (χ2n) is 7.95. The lowest BCUT2D eigenvalue weighted by molar-refractivity contribution is -0.133. The van der Waals surface area contributed by atoms with Crippen LogP contribution < -0.4 is 5.32 Å². The third-order valence-corrected chi connectivity index (χ3v) is 7.50. The lowest BCUT2D eigenvalue weighted by Crippen LogP contribution is -2.50. The van der Waals surface area contributed by atoms with Crippen LogP contribution in [0.1, 0.15) is 33.6 Å². The van der Waals surface area contributed by atoms with Gasteiger partial charge < -0.3 is 10.2 Å². The highest BCUT2D eigenvalue weighted by Crippen LogP contribution is 2.31. The Morgan fingerprint density at radius 1 is 1.07 bits per heavy atom. The van der Waals surface area contributed by atoms with Crippen molar-refractivity contribution in [1.29, 1.82) is 0 Å². The van der Waals surface area contributed by atoms with E-state index in [9.17, 15) is 18.0 Å². The Balaban J connectivity index is 1.86. The fourth-order valence-corrected chi connectivity index (χ4v) is 5.41. The quantitative estimate of drug-likeness (QED) is 0.656. The van der Waals surface area contributed by atoms with E-state index in [0.29, 0.717) is 32.5 Å². The van der Waals surface area contributed by atoms with Gasteiger partial charge in [-0.1, -0.05) is 50.0 Å². The van der Waals surface area contributed by atoms with Gasteiger partial charge in [0.05, 0.1) is 10.0 Å². The van der Waals surface area contributed by atoms with Crippen molar-refractivity contribution in [2.75, 3.05) is 32.7 Å². The number of carbonyl (C=O) groups excluding carboxylic acids is 2. The molecular formula is C19H27Cl2N3O4S. The van der Waals surface area contributed by atoms with Crippen LogP contribution in [0.4, 0.5) is 0 Å². The van der Waals surface area contributed by atoms with Crippen LogP contribution in [0.3, 0.4) is 0 Å². The molecule has 1 aliphatic heterocycles. The Bertz CT molecular complexity index is 840. The number of rotatable bonds is 6. The normalized spacial score (nSPS) is 16.0. The summed E-state index contributed by atoms with van der Waals surface area (Å²) in [5.74, 6) is -0.107. The van der Waals surface area contributed by atoms with Gasteiger partial charge >= 0.3 is 0 Å². The number of amides is 2. The van der Waals surface area contributed by atoms with E-state index >= 15 is 0 Å². The molecule has 162 valence electrons. The molecule has 7 nitrogen and oxygen atoms in total. The Labute approximate surface area is 182 Å².